The number of piperidine rings is 1. The highest BCUT2D eigenvalue weighted by Crippen LogP contribution is 2.28. The second kappa shape index (κ2) is 11.4. The Kier molecular flexibility index (Phi) is 7.62. The predicted molar refractivity (Wildman–Crippen MR) is 147 cm³/mol. The topological polar surface area (TPSA) is 98.1 Å². The largest absolute Gasteiger partial charge is 0.459 e. The van der Waals surface area contributed by atoms with E-state index in [4.69, 9.17) is 4.42 Å². The molecule has 0 aliphatic carbocycles. The first-order chi connectivity index (χ1) is 18.5. The molecule has 3 heterocycles. The van der Waals surface area contributed by atoms with Crippen molar-refractivity contribution in [2.24, 2.45) is 0 Å². The Bertz CT molecular complexity index is 1270. The second-order valence-corrected chi connectivity index (χ2v) is 9.79. The minimum atomic E-state index is -0.368. The number of furan rings is 1. The van der Waals surface area contributed by atoms with Crippen LogP contribution < -0.4 is 15.5 Å². The molecular weight excluding hydrogens is 482 g/mol. The third-order valence-electron chi connectivity index (χ3n) is 7.08. The predicted octanol–water partition coefficient (Wildman–Crippen LogP) is 4.82. The van der Waals surface area contributed by atoms with Crippen LogP contribution in [0, 0.1) is 6.92 Å². The van der Waals surface area contributed by atoms with Crippen LogP contribution in [0.2, 0.25) is 0 Å². The van der Waals surface area contributed by atoms with Crippen LogP contribution in [-0.4, -0.2) is 66.9 Å². The average Bonchev–Trinajstić information content (AvgIpc) is 3.50. The molecule has 2 fully saturated rings. The molecule has 0 unspecified atom stereocenters. The van der Waals surface area contributed by atoms with Crippen LogP contribution in [0.1, 0.15) is 45.7 Å². The molecule has 0 radical (unpaired) electrons. The molecule has 9 nitrogen and oxygen atoms in total. The molecule has 3 aromatic rings. The normalized spacial score (nSPS) is 15.8. The van der Waals surface area contributed by atoms with Gasteiger partial charge in [-0.25, -0.2) is 4.79 Å². The van der Waals surface area contributed by atoms with Crippen LogP contribution in [0.3, 0.4) is 0 Å². The zero-order valence-electron chi connectivity index (χ0n) is 21.6. The van der Waals surface area contributed by atoms with Gasteiger partial charge in [-0.3, -0.25) is 9.59 Å². The lowest BCUT2D eigenvalue weighted by atomic mass is 10.1. The molecule has 38 heavy (non-hydrogen) atoms. The van der Waals surface area contributed by atoms with Crippen molar-refractivity contribution in [2.75, 3.05) is 54.8 Å². The first kappa shape index (κ1) is 25.4. The highest BCUT2D eigenvalue weighted by atomic mass is 16.3. The Morgan fingerprint density at radius 3 is 2.16 bits per heavy atom. The van der Waals surface area contributed by atoms with Gasteiger partial charge in [-0.15, -0.1) is 0 Å². The third kappa shape index (κ3) is 5.82. The molecule has 198 valence electrons. The van der Waals surface area contributed by atoms with Gasteiger partial charge in [-0.2, -0.15) is 0 Å². The van der Waals surface area contributed by atoms with Gasteiger partial charge in [0.1, 0.15) is 0 Å². The Morgan fingerprint density at radius 1 is 0.763 bits per heavy atom. The van der Waals surface area contributed by atoms with Crippen molar-refractivity contribution in [1.29, 1.82) is 0 Å². The summed E-state index contributed by atoms with van der Waals surface area (Å²) in [7, 11) is 0. The third-order valence-corrected chi connectivity index (χ3v) is 7.08. The number of carbonyl (C=O) groups is 3. The summed E-state index contributed by atoms with van der Waals surface area (Å²) in [6.45, 7) is 5.73. The molecule has 1 aromatic heterocycles. The molecule has 2 N–H and O–H groups in total. The lowest BCUT2D eigenvalue weighted by Gasteiger charge is -2.37. The second-order valence-electron chi connectivity index (χ2n) is 9.79. The Balaban J connectivity index is 1.31. The van der Waals surface area contributed by atoms with Gasteiger partial charge < -0.3 is 29.8 Å². The number of hydrogen-bond donors (Lipinski definition) is 2. The number of amides is 4. The Morgan fingerprint density at radius 2 is 1.47 bits per heavy atom. The number of likely N-dealkylation sites (tertiary alicyclic amines) is 1. The number of nitrogens with zero attached hydrogens (tertiary/aromatic N) is 3. The van der Waals surface area contributed by atoms with E-state index in [-0.39, 0.29) is 23.6 Å². The zero-order valence-corrected chi connectivity index (χ0v) is 21.6. The van der Waals surface area contributed by atoms with E-state index in [1.165, 1.54) is 6.26 Å². The van der Waals surface area contributed by atoms with Gasteiger partial charge in [-0.05, 0) is 68.7 Å². The standard InChI is InChI=1S/C29H33N5O4/c1-21-7-9-22(10-8-21)31-29(37)34-17-15-32(16-18-34)25-12-11-23(30-27(35)26-6-5-19-38-26)20-24(25)28(36)33-13-3-2-4-14-33/h5-12,19-20H,2-4,13-18H2,1H3,(H,30,35)(H,31,37). The van der Waals surface area contributed by atoms with E-state index in [1.807, 2.05) is 42.2 Å². The zero-order chi connectivity index (χ0) is 26.5. The van der Waals surface area contributed by atoms with Crippen LogP contribution >= 0.6 is 0 Å². The summed E-state index contributed by atoms with van der Waals surface area (Å²) in [6.07, 6.45) is 4.56. The van der Waals surface area contributed by atoms with E-state index in [1.54, 1.807) is 29.2 Å². The van der Waals surface area contributed by atoms with Gasteiger partial charge in [0.2, 0.25) is 0 Å². The van der Waals surface area contributed by atoms with Crippen LogP contribution in [0.4, 0.5) is 21.9 Å². The summed E-state index contributed by atoms with van der Waals surface area (Å²) in [5, 5.41) is 5.80. The van der Waals surface area contributed by atoms with Crippen molar-refractivity contribution in [1.82, 2.24) is 9.80 Å². The molecule has 0 bridgehead atoms. The minimum Gasteiger partial charge on any atom is -0.459 e. The summed E-state index contributed by atoms with van der Waals surface area (Å²) in [5.41, 5.74) is 3.81. The molecule has 2 saturated heterocycles. The Labute approximate surface area is 222 Å². The van der Waals surface area contributed by atoms with Crippen molar-refractivity contribution in [3.8, 4) is 0 Å². The van der Waals surface area contributed by atoms with Gasteiger partial charge in [0.25, 0.3) is 11.8 Å². The quantitative estimate of drug-likeness (QED) is 0.508. The van der Waals surface area contributed by atoms with E-state index in [0.29, 0.717) is 37.4 Å². The summed E-state index contributed by atoms with van der Waals surface area (Å²) in [4.78, 5) is 44.8. The highest BCUT2D eigenvalue weighted by molar-refractivity contribution is 6.05. The smallest absolute Gasteiger partial charge is 0.321 e. The lowest BCUT2D eigenvalue weighted by molar-refractivity contribution is 0.0724. The van der Waals surface area contributed by atoms with Crippen molar-refractivity contribution < 1.29 is 18.8 Å². The van der Waals surface area contributed by atoms with Crippen molar-refractivity contribution >= 4 is 34.9 Å². The van der Waals surface area contributed by atoms with E-state index in [0.717, 1.165) is 49.3 Å². The van der Waals surface area contributed by atoms with E-state index in [9.17, 15) is 14.4 Å². The van der Waals surface area contributed by atoms with Crippen LogP contribution in [0.25, 0.3) is 0 Å². The maximum Gasteiger partial charge on any atom is 0.321 e. The molecule has 2 aliphatic heterocycles. The van der Waals surface area contributed by atoms with Crippen molar-refractivity contribution in [2.45, 2.75) is 26.2 Å². The number of carbonyl (C=O) groups excluding carboxylic acids is 3. The maximum absolute atomic E-state index is 13.6. The Hall–Kier alpha value is -4.27. The number of anilines is 3. The molecule has 9 heteroatoms. The molecular formula is C29H33N5O4. The number of urea groups is 1. The van der Waals surface area contributed by atoms with Gasteiger partial charge >= 0.3 is 6.03 Å². The maximum atomic E-state index is 13.6. The van der Waals surface area contributed by atoms with Gasteiger partial charge in [0.15, 0.2) is 5.76 Å². The summed E-state index contributed by atoms with van der Waals surface area (Å²) < 4.78 is 5.20. The molecule has 0 atom stereocenters. The van der Waals surface area contributed by atoms with Crippen molar-refractivity contribution in [3.63, 3.8) is 0 Å². The SMILES string of the molecule is Cc1ccc(NC(=O)N2CCN(c3ccc(NC(=O)c4ccco4)cc3C(=O)N3CCCCC3)CC2)cc1. The number of piperazine rings is 1. The number of hydrogen-bond acceptors (Lipinski definition) is 5. The van der Waals surface area contributed by atoms with E-state index in [2.05, 4.69) is 15.5 Å². The van der Waals surface area contributed by atoms with E-state index < -0.39 is 0 Å². The highest BCUT2D eigenvalue weighted by Gasteiger charge is 2.27. The van der Waals surface area contributed by atoms with Crippen LogP contribution in [0.5, 0.6) is 0 Å². The van der Waals surface area contributed by atoms with Gasteiger partial charge in [0.05, 0.1) is 11.8 Å². The number of rotatable bonds is 5. The summed E-state index contributed by atoms with van der Waals surface area (Å²) >= 11 is 0. The summed E-state index contributed by atoms with van der Waals surface area (Å²) in [5.74, 6) is -0.196. The van der Waals surface area contributed by atoms with Gasteiger partial charge in [-0.1, -0.05) is 17.7 Å². The molecule has 0 saturated carbocycles. The first-order valence-corrected chi connectivity index (χ1v) is 13.1. The molecule has 0 spiro atoms. The van der Waals surface area contributed by atoms with Gasteiger partial charge in [0, 0.05) is 56.3 Å². The van der Waals surface area contributed by atoms with E-state index >= 15 is 0 Å². The lowest BCUT2D eigenvalue weighted by Crippen LogP contribution is -2.50. The number of nitrogens with one attached hydrogen (secondary N) is 2. The van der Waals surface area contributed by atoms with Crippen molar-refractivity contribution in [3.05, 3.63) is 77.7 Å². The molecule has 2 aliphatic rings. The first-order valence-electron chi connectivity index (χ1n) is 13.1. The fraction of sp³-hybridized carbons (Fsp3) is 0.345. The van der Waals surface area contributed by atoms with Crippen LogP contribution in [0.15, 0.2) is 65.3 Å². The molecule has 2 aromatic carbocycles. The number of benzene rings is 2. The fourth-order valence-electron chi connectivity index (χ4n) is 4.92. The molecule has 5 rings (SSSR count). The molecule has 4 amide bonds. The summed E-state index contributed by atoms with van der Waals surface area (Å²) in [6, 6.07) is 16.3. The minimum absolute atomic E-state index is 0.0339. The number of aryl methyl sites for hydroxylation is 1. The fourth-order valence-corrected chi connectivity index (χ4v) is 4.92. The monoisotopic (exact) mass is 515 g/mol. The average molecular weight is 516 g/mol. The van der Waals surface area contributed by atoms with Crippen LogP contribution in [-0.2, 0) is 0 Å².